The molecule has 3 nitrogen and oxygen atoms in total. The molecule has 0 aromatic heterocycles. The lowest BCUT2D eigenvalue weighted by Crippen LogP contribution is -2.06. The molecule has 0 fully saturated rings. The van der Waals surface area contributed by atoms with Gasteiger partial charge in [-0.05, 0) is 36.8 Å². The highest BCUT2D eigenvalue weighted by Gasteiger charge is 2.31. The van der Waals surface area contributed by atoms with Crippen molar-refractivity contribution in [1.29, 1.82) is 5.26 Å². The van der Waals surface area contributed by atoms with Crippen LogP contribution in [0.25, 0.3) is 0 Å². The van der Waals surface area contributed by atoms with Crippen LogP contribution in [-0.2, 0) is 17.0 Å². The fourth-order valence-electron chi connectivity index (χ4n) is 1.36. The average molecular weight is 330 g/mol. The minimum Gasteiger partial charge on any atom is -0.250 e. The minimum absolute atomic E-state index is 0.0732. The van der Waals surface area contributed by atoms with Crippen molar-refractivity contribution in [3.8, 4) is 6.07 Å². The Kier molecular flexibility index (Phi) is 6.43. The molecule has 1 unspecified atom stereocenters. The van der Waals surface area contributed by atoms with Gasteiger partial charge in [0.15, 0.2) is 0 Å². The third kappa shape index (κ3) is 5.60. The third-order valence-electron chi connectivity index (χ3n) is 2.29. The molecule has 0 bridgehead atoms. The molecule has 0 spiro atoms. The van der Waals surface area contributed by atoms with Crippen LogP contribution >= 0.6 is 12.2 Å². The van der Waals surface area contributed by atoms with Crippen LogP contribution in [0, 0.1) is 11.3 Å². The fraction of sp³-hybridized carbons (Fsp3) is 0.231. The largest absolute Gasteiger partial charge is 0.416 e. The molecular formula is C13H9F3N2OS2. The van der Waals surface area contributed by atoms with Gasteiger partial charge in [-0.2, -0.15) is 18.4 Å². The normalized spacial score (nSPS) is 12.7. The number of isothiocyanates is 1. The van der Waals surface area contributed by atoms with Crippen molar-refractivity contribution in [2.45, 2.75) is 17.5 Å². The zero-order chi connectivity index (χ0) is 15.9. The van der Waals surface area contributed by atoms with E-state index in [2.05, 4.69) is 22.4 Å². The van der Waals surface area contributed by atoms with Gasteiger partial charge in [-0.3, -0.25) is 0 Å². The molecule has 1 atom stereocenters. The molecule has 0 heterocycles. The summed E-state index contributed by atoms with van der Waals surface area (Å²) in [5.41, 5.74) is -1.18. The first-order valence-electron chi connectivity index (χ1n) is 5.61. The third-order valence-corrected chi connectivity index (χ3v) is 3.56. The maximum atomic E-state index is 12.7. The van der Waals surface area contributed by atoms with Gasteiger partial charge in [0.25, 0.3) is 0 Å². The summed E-state index contributed by atoms with van der Waals surface area (Å²) in [6, 6.07) is 4.29. The number of aliphatic imine (C=N–C) groups is 1. The molecular weight excluding hydrogens is 321 g/mol. The van der Waals surface area contributed by atoms with Crippen molar-refractivity contribution >= 4 is 28.2 Å². The lowest BCUT2D eigenvalue weighted by molar-refractivity contribution is -0.137. The van der Waals surface area contributed by atoms with Crippen LogP contribution in [0.5, 0.6) is 0 Å². The molecule has 21 heavy (non-hydrogen) atoms. The smallest absolute Gasteiger partial charge is 0.250 e. The molecule has 0 saturated heterocycles. The highest BCUT2D eigenvalue weighted by molar-refractivity contribution is 7.88. The number of hydrogen-bond donors (Lipinski definition) is 0. The van der Waals surface area contributed by atoms with E-state index >= 15 is 0 Å². The Morgan fingerprint density at radius 2 is 2.10 bits per heavy atom. The average Bonchev–Trinajstić information content (AvgIpc) is 2.45. The Hall–Kier alpha value is -1.81. The van der Waals surface area contributed by atoms with E-state index in [-0.39, 0.29) is 10.5 Å². The van der Waals surface area contributed by atoms with E-state index in [1.165, 1.54) is 17.6 Å². The molecule has 0 amide bonds. The van der Waals surface area contributed by atoms with Gasteiger partial charge in [-0.25, -0.2) is 9.20 Å². The van der Waals surface area contributed by atoms with Crippen molar-refractivity contribution in [2.24, 2.45) is 4.99 Å². The van der Waals surface area contributed by atoms with Gasteiger partial charge < -0.3 is 0 Å². The van der Waals surface area contributed by atoms with E-state index in [1.807, 2.05) is 0 Å². The van der Waals surface area contributed by atoms with E-state index in [9.17, 15) is 17.4 Å². The highest BCUT2D eigenvalue weighted by Crippen LogP contribution is 2.31. The van der Waals surface area contributed by atoms with E-state index in [0.717, 1.165) is 12.1 Å². The summed E-state index contributed by atoms with van der Waals surface area (Å²) in [6.07, 6.45) is -2.62. The second kappa shape index (κ2) is 7.84. The van der Waals surface area contributed by atoms with E-state index < -0.39 is 22.5 Å². The van der Waals surface area contributed by atoms with Gasteiger partial charge in [0.1, 0.15) is 0 Å². The summed E-state index contributed by atoms with van der Waals surface area (Å²) >= 11 is 4.37. The number of nitriles is 1. The first kappa shape index (κ1) is 17.2. The lowest BCUT2D eigenvalue weighted by atomic mass is 10.1. The minimum atomic E-state index is -4.59. The quantitative estimate of drug-likeness (QED) is 0.470. The number of benzene rings is 1. The van der Waals surface area contributed by atoms with Crippen LogP contribution in [0.15, 0.2) is 39.6 Å². The van der Waals surface area contributed by atoms with Gasteiger partial charge in [0.05, 0.1) is 39.7 Å². The molecule has 0 aliphatic heterocycles. The van der Waals surface area contributed by atoms with E-state index in [4.69, 9.17) is 5.26 Å². The topological polar surface area (TPSA) is 53.2 Å². The van der Waals surface area contributed by atoms with Gasteiger partial charge in [-0.15, -0.1) is 0 Å². The zero-order valence-corrected chi connectivity index (χ0v) is 12.2. The summed E-state index contributed by atoms with van der Waals surface area (Å²) in [5, 5.41) is 12.2. The maximum Gasteiger partial charge on any atom is 0.416 e. The predicted molar refractivity (Wildman–Crippen MR) is 76.2 cm³/mol. The van der Waals surface area contributed by atoms with Crippen molar-refractivity contribution in [3.05, 3.63) is 40.8 Å². The fourth-order valence-corrected chi connectivity index (χ4v) is 2.41. The molecule has 110 valence electrons. The molecule has 1 aromatic carbocycles. The van der Waals surface area contributed by atoms with Crippen LogP contribution in [0.3, 0.4) is 0 Å². The standard InChI is InChI=1S/C13H9F3N2OS2/c14-13(15,16)11-5-10(8-17)6-12(7-11)21(19)4-2-1-3-18-9-20/h2,4-7H,1,3H2/b4-2+. The van der Waals surface area contributed by atoms with E-state index in [0.29, 0.717) is 13.0 Å². The van der Waals surface area contributed by atoms with Crippen LogP contribution in [0.2, 0.25) is 0 Å². The molecule has 0 aliphatic carbocycles. The number of hydrogen-bond acceptors (Lipinski definition) is 4. The summed E-state index contributed by atoms with van der Waals surface area (Å²) in [7, 11) is -1.77. The number of halogens is 3. The molecule has 8 heteroatoms. The Labute approximate surface area is 127 Å². The summed E-state index contributed by atoms with van der Waals surface area (Å²) in [4.78, 5) is 3.56. The molecule has 0 aliphatic rings. The summed E-state index contributed by atoms with van der Waals surface area (Å²) in [5.74, 6) is 0. The monoisotopic (exact) mass is 330 g/mol. The molecule has 1 aromatic rings. The van der Waals surface area contributed by atoms with Gasteiger partial charge >= 0.3 is 6.18 Å². The zero-order valence-electron chi connectivity index (χ0n) is 10.6. The molecule has 0 radical (unpaired) electrons. The van der Waals surface area contributed by atoms with Crippen LogP contribution in [0.4, 0.5) is 13.2 Å². The van der Waals surface area contributed by atoms with Crippen molar-refractivity contribution in [1.82, 2.24) is 0 Å². The Bertz CT molecular complexity index is 656. The van der Waals surface area contributed by atoms with Crippen LogP contribution < -0.4 is 0 Å². The number of rotatable bonds is 5. The van der Waals surface area contributed by atoms with Crippen LogP contribution in [0.1, 0.15) is 17.5 Å². The lowest BCUT2D eigenvalue weighted by Gasteiger charge is -2.08. The van der Waals surface area contributed by atoms with Gasteiger partial charge in [0, 0.05) is 10.3 Å². The second-order valence-corrected chi connectivity index (χ2v) is 5.31. The van der Waals surface area contributed by atoms with Crippen LogP contribution in [-0.4, -0.2) is 15.9 Å². The first-order chi connectivity index (χ1) is 9.88. The Morgan fingerprint density at radius 1 is 1.38 bits per heavy atom. The van der Waals surface area contributed by atoms with Gasteiger partial charge in [-0.1, -0.05) is 6.08 Å². The van der Waals surface area contributed by atoms with Crippen molar-refractivity contribution in [3.63, 3.8) is 0 Å². The SMILES string of the molecule is N#Cc1cc(S(=O)/C=C/CCN=C=S)cc(C(F)(F)F)c1. The summed E-state index contributed by atoms with van der Waals surface area (Å²) < 4.78 is 50.0. The molecule has 0 N–H and O–H groups in total. The molecule has 0 saturated carbocycles. The number of nitrogens with zero attached hydrogens (tertiary/aromatic N) is 2. The second-order valence-electron chi connectivity index (χ2n) is 3.79. The Balaban J connectivity index is 2.99. The molecule has 1 rings (SSSR count). The Morgan fingerprint density at radius 3 is 2.67 bits per heavy atom. The maximum absolute atomic E-state index is 12.7. The number of thiocarbonyl (C=S) groups is 1. The number of alkyl halides is 3. The highest BCUT2D eigenvalue weighted by atomic mass is 32.2. The summed E-state index contributed by atoms with van der Waals surface area (Å²) in [6.45, 7) is 0.364. The van der Waals surface area contributed by atoms with Crippen molar-refractivity contribution in [2.75, 3.05) is 6.54 Å². The van der Waals surface area contributed by atoms with E-state index in [1.54, 1.807) is 6.07 Å². The first-order valence-corrected chi connectivity index (χ1v) is 7.24. The van der Waals surface area contributed by atoms with Crippen molar-refractivity contribution < 1.29 is 17.4 Å². The van der Waals surface area contributed by atoms with Gasteiger partial charge in [0.2, 0.25) is 0 Å². The predicted octanol–water partition coefficient (Wildman–Crippen LogP) is 3.69.